The molecule has 0 radical (unpaired) electrons. The summed E-state index contributed by atoms with van der Waals surface area (Å²) in [6.45, 7) is 7.30. The van der Waals surface area contributed by atoms with Gasteiger partial charge >= 0.3 is 5.97 Å². The number of unbranched alkanes of at least 4 members (excludes halogenated alkanes) is 1. The molecule has 2 atom stereocenters. The highest BCUT2D eigenvalue weighted by Crippen LogP contribution is 2.13. The number of esters is 1. The van der Waals surface area contributed by atoms with Crippen molar-refractivity contribution in [3.63, 3.8) is 0 Å². The first kappa shape index (κ1) is 15.4. The summed E-state index contributed by atoms with van der Waals surface area (Å²) in [5.41, 5.74) is 5.02. The summed E-state index contributed by atoms with van der Waals surface area (Å²) in [6.07, 6.45) is 1.27. The quantitative estimate of drug-likeness (QED) is 0.717. The van der Waals surface area contributed by atoms with E-state index in [1.807, 2.05) is 6.92 Å². The van der Waals surface area contributed by atoms with Gasteiger partial charge in [-0.05, 0) is 27.2 Å². The first-order valence-electron chi connectivity index (χ1n) is 5.88. The van der Waals surface area contributed by atoms with Crippen molar-refractivity contribution in [3.8, 4) is 0 Å². The molecular formula is C12H24FNO2. The van der Waals surface area contributed by atoms with Crippen molar-refractivity contribution in [2.24, 2.45) is 5.73 Å². The molecule has 0 aromatic heterocycles. The molecule has 0 rings (SSSR count). The Labute approximate surface area is 97.5 Å². The van der Waals surface area contributed by atoms with E-state index in [1.165, 1.54) is 0 Å². The van der Waals surface area contributed by atoms with Gasteiger partial charge in [0.2, 0.25) is 0 Å². The third-order valence-corrected chi connectivity index (χ3v) is 2.09. The second-order valence-corrected chi connectivity index (χ2v) is 5.12. The molecular weight excluding hydrogens is 209 g/mol. The van der Waals surface area contributed by atoms with Gasteiger partial charge < -0.3 is 10.5 Å². The minimum atomic E-state index is -1.01. The van der Waals surface area contributed by atoms with Crippen molar-refractivity contribution >= 4 is 5.97 Å². The summed E-state index contributed by atoms with van der Waals surface area (Å²) in [4.78, 5) is 11.5. The van der Waals surface area contributed by atoms with Gasteiger partial charge in [-0.15, -0.1) is 0 Å². The first-order chi connectivity index (χ1) is 7.26. The number of nitrogens with two attached hydrogens (primary N) is 1. The van der Waals surface area contributed by atoms with Crippen molar-refractivity contribution in [2.75, 3.05) is 0 Å². The van der Waals surface area contributed by atoms with Crippen LogP contribution >= 0.6 is 0 Å². The van der Waals surface area contributed by atoms with Crippen LogP contribution < -0.4 is 5.73 Å². The van der Waals surface area contributed by atoms with Crippen molar-refractivity contribution < 1.29 is 13.9 Å². The molecule has 2 unspecified atom stereocenters. The molecule has 0 aliphatic heterocycles. The Balaban J connectivity index is 3.95. The number of carbonyl (C=O) groups excluding carboxylic acids is 1. The highest BCUT2D eigenvalue weighted by atomic mass is 19.1. The molecule has 16 heavy (non-hydrogen) atoms. The standard InChI is InChI=1S/C12H24FNO2/c1-5-6-7-9(13)8-10(14)11(15)16-12(2,3)4/h9-10H,5-8,14H2,1-4H3. The van der Waals surface area contributed by atoms with Crippen LogP contribution in [0, 0.1) is 0 Å². The van der Waals surface area contributed by atoms with Gasteiger partial charge in [0.05, 0.1) is 0 Å². The van der Waals surface area contributed by atoms with Crippen LogP contribution in [0.4, 0.5) is 4.39 Å². The van der Waals surface area contributed by atoms with Crippen LogP contribution in [0.15, 0.2) is 0 Å². The van der Waals surface area contributed by atoms with Crippen molar-refractivity contribution in [2.45, 2.75) is 71.2 Å². The summed E-state index contributed by atoms with van der Waals surface area (Å²) in [6, 6.07) is -0.855. The van der Waals surface area contributed by atoms with E-state index in [0.717, 1.165) is 12.8 Å². The molecule has 0 fully saturated rings. The Morgan fingerprint density at radius 3 is 2.44 bits per heavy atom. The minimum absolute atomic E-state index is 0.0505. The number of alkyl halides is 1. The van der Waals surface area contributed by atoms with Crippen LogP contribution in [0.3, 0.4) is 0 Å². The van der Waals surface area contributed by atoms with Crippen LogP contribution in [-0.4, -0.2) is 23.8 Å². The fourth-order valence-corrected chi connectivity index (χ4v) is 1.29. The van der Waals surface area contributed by atoms with E-state index in [1.54, 1.807) is 20.8 Å². The van der Waals surface area contributed by atoms with E-state index >= 15 is 0 Å². The van der Waals surface area contributed by atoms with Gasteiger partial charge in [0, 0.05) is 6.42 Å². The van der Waals surface area contributed by atoms with E-state index < -0.39 is 23.8 Å². The SMILES string of the molecule is CCCCC(F)CC(N)C(=O)OC(C)(C)C. The van der Waals surface area contributed by atoms with Crippen LogP contribution in [0.1, 0.15) is 53.4 Å². The van der Waals surface area contributed by atoms with E-state index in [0.29, 0.717) is 6.42 Å². The highest BCUT2D eigenvalue weighted by Gasteiger charge is 2.24. The lowest BCUT2D eigenvalue weighted by Gasteiger charge is -2.22. The number of hydrogen-bond donors (Lipinski definition) is 1. The third-order valence-electron chi connectivity index (χ3n) is 2.09. The number of carbonyl (C=O) groups is 1. The Morgan fingerprint density at radius 2 is 2.00 bits per heavy atom. The van der Waals surface area contributed by atoms with Crippen LogP contribution in [0.5, 0.6) is 0 Å². The predicted octanol–water partition coefficient (Wildman–Crippen LogP) is 2.57. The molecule has 0 amide bonds. The van der Waals surface area contributed by atoms with Crippen molar-refractivity contribution in [3.05, 3.63) is 0 Å². The molecule has 0 aromatic rings. The smallest absolute Gasteiger partial charge is 0.323 e. The maximum absolute atomic E-state index is 13.3. The molecule has 0 spiro atoms. The summed E-state index contributed by atoms with van der Waals surface area (Å²) in [5.74, 6) is -0.522. The molecule has 3 nitrogen and oxygen atoms in total. The molecule has 96 valence electrons. The number of rotatable bonds is 6. The molecule has 0 bridgehead atoms. The normalized spacial score (nSPS) is 15.6. The monoisotopic (exact) mass is 233 g/mol. The van der Waals surface area contributed by atoms with Gasteiger partial charge in [-0.2, -0.15) is 0 Å². The average molecular weight is 233 g/mol. The summed E-state index contributed by atoms with van der Waals surface area (Å²) in [7, 11) is 0. The Bertz CT molecular complexity index is 214. The van der Waals surface area contributed by atoms with Crippen LogP contribution in [0.2, 0.25) is 0 Å². The van der Waals surface area contributed by atoms with Crippen LogP contribution in [0.25, 0.3) is 0 Å². The number of hydrogen-bond acceptors (Lipinski definition) is 3. The second-order valence-electron chi connectivity index (χ2n) is 5.12. The van der Waals surface area contributed by atoms with Gasteiger partial charge in [-0.1, -0.05) is 19.8 Å². The van der Waals surface area contributed by atoms with E-state index in [2.05, 4.69) is 0 Å². The Morgan fingerprint density at radius 1 is 1.44 bits per heavy atom. The second kappa shape index (κ2) is 6.84. The first-order valence-corrected chi connectivity index (χ1v) is 5.88. The lowest BCUT2D eigenvalue weighted by molar-refractivity contribution is -0.157. The lowest BCUT2D eigenvalue weighted by atomic mass is 10.1. The molecule has 0 saturated heterocycles. The average Bonchev–Trinajstić information content (AvgIpc) is 2.11. The Kier molecular flexibility index (Phi) is 6.56. The highest BCUT2D eigenvalue weighted by molar-refractivity contribution is 5.75. The van der Waals surface area contributed by atoms with Gasteiger partial charge in [0.25, 0.3) is 0 Å². The fraction of sp³-hybridized carbons (Fsp3) is 0.917. The van der Waals surface area contributed by atoms with Gasteiger partial charge in [0.15, 0.2) is 0 Å². The van der Waals surface area contributed by atoms with Gasteiger partial charge in [0.1, 0.15) is 17.8 Å². The van der Waals surface area contributed by atoms with Crippen LogP contribution in [-0.2, 0) is 9.53 Å². The maximum atomic E-state index is 13.3. The van der Waals surface area contributed by atoms with Crippen molar-refractivity contribution in [1.29, 1.82) is 0 Å². The molecule has 0 aliphatic rings. The largest absolute Gasteiger partial charge is 0.459 e. The number of halogens is 1. The number of ether oxygens (including phenoxy) is 1. The summed E-state index contributed by atoms with van der Waals surface area (Å²) >= 11 is 0. The summed E-state index contributed by atoms with van der Waals surface area (Å²) in [5, 5.41) is 0. The molecule has 0 aliphatic carbocycles. The lowest BCUT2D eigenvalue weighted by Crippen LogP contribution is -2.39. The molecule has 4 heteroatoms. The van der Waals surface area contributed by atoms with Gasteiger partial charge in [-0.3, -0.25) is 4.79 Å². The molecule has 0 heterocycles. The third kappa shape index (κ3) is 7.63. The maximum Gasteiger partial charge on any atom is 0.323 e. The minimum Gasteiger partial charge on any atom is -0.459 e. The Hall–Kier alpha value is -0.640. The topological polar surface area (TPSA) is 52.3 Å². The van der Waals surface area contributed by atoms with E-state index in [-0.39, 0.29) is 6.42 Å². The van der Waals surface area contributed by atoms with E-state index in [4.69, 9.17) is 10.5 Å². The van der Waals surface area contributed by atoms with E-state index in [9.17, 15) is 9.18 Å². The zero-order valence-electron chi connectivity index (χ0n) is 10.8. The molecule has 0 aromatic carbocycles. The zero-order chi connectivity index (χ0) is 12.8. The molecule has 2 N–H and O–H groups in total. The van der Waals surface area contributed by atoms with Gasteiger partial charge in [-0.25, -0.2) is 4.39 Å². The van der Waals surface area contributed by atoms with Crippen molar-refractivity contribution in [1.82, 2.24) is 0 Å². The molecule has 0 saturated carbocycles. The predicted molar refractivity (Wildman–Crippen MR) is 62.9 cm³/mol. The zero-order valence-corrected chi connectivity index (χ0v) is 10.8. The fourth-order valence-electron chi connectivity index (χ4n) is 1.29. The summed E-state index contributed by atoms with van der Waals surface area (Å²) < 4.78 is 18.4.